The fourth-order valence-electron chi connectivity index (χ4n) is 2.66. The molecule has 1 saturated carbocycles. The second kappa shape index (κ2) is 7.61. The summed E-state index contributed by atoms with van der Waals surface area (Å²) in [7, 11) is 0. The maximum Gasteiger partial charge on any atom is 0.253 e. The molecular weight excluding hydrogens is 430 g/mol. The number of carbonyl (C=O) groups excluding carboxylic acids is 1. The van der Waals surface area contributed by atoms with Crippen LogP contribution < -0.4 is 10.1 Å². The summed E-state index contributed by atoms with van der Waals surface area (Å²) in [4.78, 5) is 16.6. The van der Waals surface area contributed by atoms with Gasteiger partial charge in [0.25, 0.3) is 5.91 Å². The molecule has 0 saturated heterocycles. The summed E-state index contributed by atoms with van der Waals surface area (Å²) in [6, 6.07) is 11.2. The van der Waals surface area contributed by atoms with Crippen molar-refractivity contribution < 1.29 is 9.53 Å². The third-order valence-electron chi connectivity index (χ3n) is 4.11. The van der Waals surface area contributed by atoms with Gasteiger partial charge in [0.1, 0.15) is 5.75 Å². The molecule has 0 radical (unpaired) electrons. The van der Waals surface area contributed by atoms with Crippen LogP contribution in [0.15, 0.2) is 47.1 Å². The Morgan fingerprint density at radius 3 is 2.93 bits per heavy atom. The fourth-order valence-corrected chi connectivity index (χ4v) is 3.34. The second-order valence-electron chi connectivity index (χ2n) is 6.17. The second-order valence-corrected chi connectivity index (χ2v) is 7.48. The van der Waals surface area contributed by atoms with Crippen LogP contribution in [0.4, 0.5) is 0 Å². The topological polar surface area (TPSA) is 84.8 Å². The highest BCUT2D eigenvalue weighted by Crippen LogP contribution is 2.35. The third kappa shape index (κ3) is 4.25. The van der Waals surface area contributed by atoms with Crippen LogP contribution in [0.3, 0.4) is 0 Å². The Morgan fingerprint density at radius 2 is 2.22 bits per heavy atom. The molecule has 138 valence electrons. The molecule has 3 aromatic rings. The van der Waals surface area contributed by atoms with Gasteiger partial charge in [0, 0.05) is 22.8 Å². The van der Waals surface area contributed by atoms with Crippen molar-refractivity contribution in [2.24, 2.45) is 0 Å². The van der Waals surface area contributed by atoms with E-state index in [2.05, 4.69) is 36.4 Å². The molecule has 1 aliphatic rings. The molecule has 7 nitrogen and oxygen atoms in total. The number of carbonyl (C=O) groups is 1. The van der Waals surface area contributed by atoms with E-state index in [0.717, 1.165) is 23.1 Å². The van der Waals surface area contributed by atoms with Gasteiger partial charge in [-0.3, -0.25) is 14.5 Å². The smallest absolute Gasteiger partial charge is 0.253 e. The predicted octanol–water partition coefficient (Wildman–Crippen LogP) is 4.16. The fraction of sp³-hybridized carbons (Fsp3) is 0.222. The van der Waals surface area contributed by atoms with Crippen LogP contribution in [0, 0.1) is 4.77 Å². The van der Waals surface area contributed by atoms with E-state index in [9.17, 15) is 4.79 Å². The van der Waals surface area contributed by atoms with Gasteiger partial charge in [0.05, 0.1) is 12.1 Å². The molecule has 9 heteroatoms. The van der Waals surface area contributed by atoms with E-state index in [4.69, 9.17) is 17.0 Å². The molecular formula is C18H16BrN5O2S. The van der Waals surface area contributed by atoms with Crippen LogP contribution in [0.25, 0.3) is 0 Å². The number of aromatic amines is 1. The van der Waals surface area contributed by atoms with Crippen molar-refractivity contribution >= 4 is 34.1 Å². The first-order chi connectivity index (χ1) is 13.1. The molecule has 0 atom stereocenters. The van der Waals surface area contributed by atoms with Crippen molar-refractivity contribution in [2.45, 2.75) is 25.4 Å². The summed E-state index contributed by atoms with van der Waals surface area (Å²) in [6.45, 7) is 0.304. The van der Waals surface area contributed by atoms with Crippen molar-refractivity contribution in [3.63, 3.8) is 0 Å². The highest BCUT2D eigenvalue weighted by atomic mass is 79.9. The van der Waals surface area contributed by atoms with E-state index in [1.54, 1.807) is 12.1 Å². The van der Waals surface area contributed by atoms with Gasteiger partial charge < -0.3 is 10.1 Å². The number of hydrogen-bond acceptors (Lipinski definition) is 5. The maximum absolute atomic E-state index is 12.4. The zero-order valence-corrected chi connectivity index (χ0v) is 16.6. The van der Waals surface area contributed by atoms with E-state index in [0.29, 0.717) is 34.6 Å². The van der Waals surface area contributed by atoms with Gasteiger partial charge in [-0.2, -0.15) is 5.10 Å². The number of nitrogens with one attached hydrogen (secondary N) is 2. The standard InChI is InChI=1S/C18H16BrN5O2S/c19-12-2-1-3-14(8-12)26-16-7-4-11(9-20-16)17(25)21-10-15-22-23-18(27)24(15)13-5-6-13/h1-4,7-9,13H,5-6,10H2,(H,21,25)(H,23,27). The van der Waals surface area contributed by atoms with Crippen molar-refractivity contribution in [1.82, 2.24) is 25.1 Å². The molecule has 0 bridgehead atoms. The SMILES string of the molecule is O=C(NCc1n[nH]c(=S)n1C1CC1)c1ccc(Oc2cccc(Br)c2)nc1. The Morgan fingerprint density at radius 1 is 1.37 bits per heavy atom. The molecule has 1 aromatic carbocycles. The molecule has 1 fully saturated rings. The lowest BCUT2D eigenvalue weighted by molar-refractivity contribution is 0.0949. The van der Waals surface area contributed by atoms with E-state index in [1.165, 1.54) is 6.20 Å². The first-order valence-corrected chi connectivity index (χ1v) is 9.64. The van der Waals surface area contributed by atoms with E-state index in [-0.39, 0.29) is 5.91 Å². The van der Waals surface area contributed by atoms with E-state index in [1.807, 2.05) is 28.8 Å². The third-order valence-corrected chi connectivity index (χ3v) is 4.89. The van der Waals surface area contributed by atoms with Gasteiger partial charge in [-0.05, 0) is 49.3 Å². The van der Waals surface area contributed by atoms with Gasteiger partial charge >= 0.3 is 0 Å². The van der Waals surface area contributed by atoms with Crippen molar-refractivity contribution in [3.05, 3.63) is 63.2 Å². The van der Waals surface area contributed by atoms with Crippen LogP contribution in [0.5, 0.6) is 11.6 Å². The van der Waals surface area contributed by atoms with Crippen LogP contribution in [0.2, 0.25) is 0 Å². The Labute approximate surface area is 168 Å². The molecule has 2 N–H and O–H groups in total. The van der Waals surface area contributed by atoms with Crippen LogP contribution >= 0.6 is 28.1 Å². The van der Waals surface area contributed by atoms with Gasteiger partial charge in [-0.15, -0.1) is 0 Å². The Hall–Kier alpha value is -2.52. The molecule has 1 amide bonds. The number of benzene rings is 1. The van der Waals surface area contributed by atoms with Crippen LogP contribution in [0.1, 0.15) is 35.1 Å². The molecule has 27 heavy (non-hydrogen) atoms. The van der Waals surface area contributed by atoms with E-state index < -0.39 is 0 Å². The Balaban J connectivity index is 1.38. The maximum atomic E-state index is 12.4. The lowest BCUT2D eigenvalue weighted by atomic mass is 10.2. The molecule has 0 unspecified atom stereocenters. The zero-order valence-electron chi connectivity index (χ0n) is 14.2. The quantitative estimate of drug-likeness (QED) is 0.556. The van der Waals surface area contributed by atoms with E-state index >= 15 is 0 Å². The van der Waals surface area contributed by atoms with Gasteiger partial charge in [0.2, 0.25) is 5.88 Å². The normalized spacial score (nSPS) is 13.4. The summed E-state index contributed by atoms with van der Waals surface area (Å²) in [5.41, 5.74) is 0.448. The summed E-state index contributed by atoms with van der Waals surface area (Å²) in [6.07, 6.45) is 3.68. The Bertz CT molecular complexity index is 1030. The van der Waals surface area contributed by atoms with Crippen molar-refractivity contribution in [2.75, 3.05) is 0 Å². The number of pyridine rings is 1. The number of H-pyrrole nitrogens is 1. The summed E-state index contributed by atoms with van der Waals surface area (Å²) >= 11 is 8.64. The Kier molecular flexibility index (Phi) is 5.04. The largest absolute Gasteiger partial charge is 0.439 e. The average Bonchev–Trinajstić information content (AvgIpc) is 3.43. The number of amides is 1. The molecule has 2 heterocycles. The van der Waals surface area contributed by atoms with Crippen LogP contribution in [-0.2, 0) is 6.54 Å². The highest BCUT2D eigenvalue weighted by Gasteiger charge is 2.27. The minimum absolute atomic E-state index is 0.229. The average molecular weight is 446 g/mol. The minimum Gasteiger partial charge on any atom is -0.439 e. The van der Waals surface area contributed by atoms with Gasteiger partial charge in [-0.1, -0.05) is 22.0 Å². The first-order valence-electron chi connectivity index (χ1n) is 8.43. The number of halogens is 1. The monoisotopic (exact) mass is 445 g/mol. The van der Waals surface area contributed by atoms with Gasteiger partial charge in [0.15, 0.2) is 10.6 Å². The summed E-state index contributed by atoms with van der Waals surface area (Å²) < 4.78 is 9.16. The molecule has 1 aliphatic carbocycles. The number of aromatic nitrogens is 4. The summed E-state index contributed by atoms with van der Waals surface area (Å²) in [5.74, 6) is 1.59. The highest BCUT2D eigenvalue weighted by molar-refractivity contribution is 9.10. The molecule has 4 rings (SSSR count). The van der Waals surface area contributed by atoms with Gasteiger partial charge in [-0.25, -0.2) is 4.98 Å². The minimum atomic E-state index is -0.229. The molecule has 0 spiro atoms. The lowest BCUT2D eigenvalue weighted by Crippen LogP contribution is -2.24. The van der Waals surface area contributed by atoms with Crippen molar-refractivity contribution in [3.8, 4) is 11.6 Å². The molecule has 2 aromatic heterocycles. The number of ether oxygens (including phenoxy) is 1. The number of hydrogen-bond donors (Lipinski definition) is 2. The van der Waals surface area contributed by atoms with Crippen LogP contribution in [-0.4, -0.2) is 25.7 Å². The lowest BCUT2D eigenvalue weighted by Gasteiger charge is -2.08. The predicted molar refractivity (Wildman–Crippen MR) is 105 cm³/mol. The number of nitrogens with zero attached hydrogens (tertiary/aromatic N) is 3. The zero-order chi connectivity index (χ0) is 18.8. The number of rotatable bonds is 6. The summed E-state index contributed by atoms with van der Waals surface area (Å²) in [5, 5.41) is 9.84. The molecule has 0 aliphatic heterocycles. The van der Waals surface area contributed by atoms with Crippen molar-refractivity contribution in [1.29, 1.82) is 0 Å². The first kappa shape index (κ1) is 17.9.